The number of thioether (sulfide) groups is 1. The van der Waals surface area contributed by atoms with Crippen LogP contribution in [0.1, 0.15) is 13.3 Å². The van der Waals surface area contributed by atoms with Crippen LogP contribution in [0.4, 0.5) is 11.4 Å². The summed E-state index contributed by atoms with van der Waals surface area (Å²) in [6, 6.07) is 3.61. The predicted octanol–water partition coefficient (Wildman–Crippen LogP) is 4.36. The lowest BCUT2D eigenvalue weighted by molar-refractivity contribution is -0.396. The number of nitrogens with zero attached hydrogens (tertiary/aromatic N) is 2. The zero-order chi connectivity index (χ0) is 15.8. The Morgan fingerprint density at radius 1 is 1.29 bits per heavy atom. The number of nitrogens with one attached hydrogen (secondary N) is 1. The van der Waals surface area contributed by atoms with Crippen LogP contribution in [0.25, 0.3) is 0 Å². The van der Waals surface area contributed by atoms with Gasteiger partial charge in [0.2, 0.25) is 0 Å². The normalized spacial score (nSPS) is 10.3. The van der Waals surface area contributed by atoms with E-state index in [1.807, 2.05) is 6.92 Å². The number of hydrogen-bond acceptors (Lipinski definition) is 8. The third-order valence-electron chi connectivity index (χ3n) is 2.23. The van der Waals surface area contributed by atoms with Crippen LogP contribution in [0.5, 0.6) is 0 Å². The van der Waals surface area contributed by atoms with Gasteiger partial charge in [-0.25, -0.2) is 0 Å². The second-order valence-electron chi connectivity index (χ2n) is 3.68. The quantitative estimate of drug-likeness (QED) is 0.186. The zero-order valence-electron chi connectivity index (χ0n) is 11.1. The molecule has 0 amide bonds. The van der Waals surface area contributed by atoms with Crippen molar-refractivity contribution in [2.24, 2.45) is 0 Å². The lowest BCUT2D eigenvalue weighted by atomic mass is 10.3. The minimum atomic E-state index is -0.655. The summed E-state index contributed by atoms with van der Waals surface area (Å²) in [7, 11) is 2.60. The van der Waals surface area contributed by atoms with Crippen LogP contribution in [0.15, 0.2) is 23.1 Å². The topological polar surface area (TPSA) is 110 Å². The fraction of sp³-hybridized carbons (Fsp3) is 0.364. The molecule has 0 heterocycles. The standard InChI is InChI=1S/C11H13N3O4S3/c1-2-19-11(12)5-6-20-21-10-4-3-8(13(15)16)7-9(10)14(17)18/h3-4,7,12H,2,5-6H2,1H3. The third kappa shape index (κ3) is 5.94. The number of nitro benzene ring substituents is 2. The van der Waals surface area contributed by atoms with Gasteiger partial charge in [-0.1, -0.05) is 28.5 Å². The summed E-state index contributed by atoms with van der Waals surface area (Å²) < 4.78 is 0. The molecule has 1 aromatic rings. The highest BCUT2D eigenvalue weighted by Crippen LogP contribution is 2.39. The maximum atomic E-state index is 10.9. The molecule has 0 bridgehead atoms. The maximum absolute atomic E-state index is 10.9. The molecule has 0 fully saturated rings. The van der Waals surface area contributed by atoms with Crippen molar-refractivity contribution in [1.82, 2.24) is 0 Å². The molecule has 0 saturated carbocycles. The van der Waals surface area contributed by atoms with Crippen molar-refractivity contribution in [3.8, 4) is 0 Å². The van der Waals surface area contributed by atoms with Gasteiger partial charge in [0.15, 0.2) is 0 Å². The SMILES string of the molecule is CCSC(=N)CCSSc1ccc([N+](=O)[O-])cc1[N+](=O)[O-]. The van der Waals surface area contributed by atoms with Gasteiger partial charge >= 0.3 is 0 Å². The van der Waals surface area contributed by atoms with E-state index in [9.17, 15) is 20.2 Å². The van der Waals surface area contributed by atoms with E-state index in [0.29, 0.717) is 22.1 Å². The fourth-order valence-electron chi connectivity index (χ4n) is 1.32. The van der Waals surface area contributed by atoms with Crippen LogP contribution in [0, 0.1) is 25.6 Å². The first-order chi connectivity index (χ1) is 9.95. The Kier molecular flexibility index (Phi) is 7.54. The van der Waals surface area contributed by atoms with Gasteiger partial charge in [0.05, 0.1) is 25.9 Å². The molecule has 0 aliphatic rings. The summed E-state index contributed by atoms with van der Waals surface area (Å²) >= 11 is 1.47. The average Bonchev–Trinajstić information content (AvgIpc) is 2.43. The summed E-state index contributed by atoms with van der Waals surface area (Å²) in [5.41, 5.74) is -0.558. The van der Waals surface area contributed by atoms with Crippen molar-refractivity contribution < 1.29 is 9.85 Å². The Hall–Kier alpha value is -1.26. The van der Waals surface area contributed by atoms with Crippen molar-refractivity contribution in [2.45, 2.75) is 18.2 Å². The van der Waals surface area contributed by atoms with Gasteiger partial charge in [0.25, 0.3) is 11.4 Å². The van der Waals surface area contributed by atoms with Gasteiger partial charge < -0.3 is 0 Å². The smallest absolute Gasteiger partial charge is 0.290 e. The molecular formula is C11H13N3O4S3. The Morgan fingerprint density at radius 3 is 2.57 bits per heavy atom. The number of nitro groups is 2. The molecule has 1 rings (SSSR count). The molecule has 0 atom stereocenters. The maximum Gasteiger partial charge on any atom is 0.290 e. The van der Waals surface area contributed by atoms with Crippen molar-refractivity contribution >= 4 is 49.8 Å². The molecule has 21 heavy (non-hydrogen) atoms. The van der Waals surface area contributed by atoms with E-state index < -0.39 is 9.85 Å². The van der Waals surface area contributed by atoms with Crippen molar-refractivity contribution in [1.29, 1.82) is 5.41 Å². The first-order valence-corrected chi connectivity index (χ1v) is 9.18. The van der Waals surface area contributed by atoms with E-state index in [1.54, 1.807) is 0 Å². The Balaban J connectivity index is 2.64. The van der Waals surface area contributed by atoms with Gasteiger partial charge in [-0.15, -0.1) is 11.8 Å². The van der Waals surface area contributed by atoms with Crippen molar-refractivity contribution in [2.75, 3.05) is 11.5 Å². The molecule has 0 aromatic heterocycles. The van der Waals surface area contributed by atoms with Crippen molar-refractivity contribution in [3.05, 3.63) is 38.4 Å². The predicted molar refractivity (Wildman–Crippen MR) is 88.5 cm³/mol. The van der Waals surface area contributed by atoms with Gasteiger partial charge in [-0.2, -0.15) is 0 Å². The molecule has 0 aliphatic heterocycles. The van der Waals surface area contributed by atoms with Crippen LogP contribution in [0.2, 0.25) is 0 Å². The molecule has 0 spiro atoms. The number of rotatable bonds is 8. The van der Waals surface area contributed by atoms with Crippen LogP contribution in [-0.4, -0.2) is 26.4 Å². The van der Waals surface area contributed by atoms with E-state index in [4.69, 9.17) is 5.41 Å². The highest BCUT2D eigenvalue weighted by atomic mass is 33.1. The lowest BCUT2D eigenvalue weighted by Crippen LogP contribution is -1.94. The van der Waals surface area contributed by atoms with Gasteiger partial charge in [0.1, 0.15) is 0 Å². The minimum absolute atomic E-state index is 0.264. The summed E-state index contributed by atoms with van der Waals surface area (Å²) in [4.78, 5) is 20.7. The van der Waals surface area contributed by atoms with E-state index in [2.05, 4.69) is 0 Å². The van der Waals surface area contributed by atoms with E-state index >= 15 is 0 Å². The molecule has 10 heteroatoms. The first-order valence-electron chi connectivity index (χ1n) is 5.88. The van der Waals surface area contributed by atoms with Gasteiger partial charge in [-0.05, 0) is 11.8 Å². The molecule has 114 valence electrons. The third-order valence-corrected chi connectivity index (χ3v) is 5.48. The van der Waals surface area contributed by atoms with E-state index in [1.165, 1.54) is 45.5 Å². The summed E-state index contributed by atoms with van der Waals surface area (Å²) in [5.74, 6) is 1.51. The van der Waals surface area contributed by atoms with Crippen LogP contribution in [-0.2, 0) is 0 Å². The molecule has 1 aromatic carbocycles. The molecule has 0 unspecified atom stereocenters. The highest BCUT2D eigenvalue weighted by Gasteiger charge is 2.19. The highest BCUT2D eigenvalue weighted by molar-refractivity contribution is 8.76. The average molecular weight is 347 g/mol. The minimum Gasteiger partial charge on any atom is -0.298 e. The molecule has 0 saturated heterocycles. The Labute approximate surface area is 133 Å². The zero-order valence-corrected chi connectivity index (χ0v) is 13.6. The molecule has 7 nitrogen and oxygen atoms in total. The van der Waals surface area contributed by atoms with Crippen molar-refractivity contribution in [3.63, 3.8) is 0 Å². The number of hydrogen-bond donors (Lipinski definition) is 1. The van der Waals surface area contributed by atoms with Gasteiger partial charge in [0, 0.05) is 18.2 Å². The largest absolute Gasteiger partial charge is 0.298 e. The van der Waals surface area contributed by atoms with Gasteiger partial charge in [-0.3, -0.25) is 25.6 Å². The summed E-state index contributed by atoms with van der Waals surface area (Å²) in [6.45, 7) is 1.97. The van der Waals surface area contributed by atoms with Crippen LogP contribution >= 0.6 is 33.3 Å². The Morgan fingerprint density at radius 2 is 2.00 bits per heavy atom. The molecule has 0 radical (unpaired) electrons. The fourth-order valence-corrected chi connectivity index (χ4v) is 4.19. The number of non-ortho nitro benzene ring substituents is 1. The van der Waals surface area contributed by atoms with E-state index in [-0.39, 0.29) is 11.4 Å². The number of benzene rings is 1. The summed E-state index contributed by atoms with van der Waals surface area (Å²) in [6.07, 6.45) is 0.608. The molecule has 0 aliphatic carbocycles. The first kappa shape index (κ1) is 17.8. The second kappa shape index (κ2) is 8.90. The molecule has 1 N–H and O–H groups in total. The monoisotopic (exact) mass is 347 g/mol. The lowest BCUT2D eigenvalue weighted by Gasteiger charge is -2.03. The second-order valence-corrected chi connectivity index (χ2v) is 7.49. The van der Waals surface area contributed by atoms with E-state index in [0.717, 1.165) is 11.8 Å². The Bertz CT molecular complexity index is 554. The van der Waals surface area contributed by atoms with Crippen LogP contribution in [0.3, 0.4) is 0 Å². The molecular weight excluding hydrogens is 334 g/mol. The summed E-state index contributed by atoms with van der Waals surface area (Å²) in [5, 5.41) is 29.8. The van der Waals surface area contributed by atoms with Crippen LogP contribution < -0.4 is 0 Å².